The highest BCUT2D eigenvalue weighted by Gasteiger charge is 2.52. The summed E-state index contributed by atoms with van der Waals surface area (Å²) in [5.41, 5.74) is -0.476. The van der Waals surface area contributed by atoms with E-state index in [-0.39, 0.29) is 17.1 Å². The lowest BCUT2D eigenvalue weighted by molar-refractivity contribution is -0.150. The first kappa shape index (κ1) is 9.71. The minimum atomic E-state index is -0.476. The van der Waals surface area contributed by atoms with E-state index in [0.717, 1.165) is 12.8 Å². The quantitative estimate of drug-likeness (QED) is 0.549. The maximum absolute atomic E-state index is 11.3. The van der Waals surface area contributed by atoms with Gasteiger partial charge in [-0.3, -0.25) is 9.59 Å². The van der Waals surface area contributed by atoms with Crippen LogP contribution in [0.2, 0.25) is 0 Å². The van der Waals surface area contributed by atoms with Crippen molar-refractivity contribution in [3.63, 3.8) is 0 Å². The molecule has 0 aromatic heterocycles. The van der Waals surface area contributed by atoms with Gasteiger partial charge in [-0.15, -0.1) is 0 Å². The third kappa shape index (κ3) is 2.06. The van der Waals surface area contributed by atoms with Crippen LogP contribution in [0.4, 0.5) is 0 Å². The van der Waals surface area contributed by atoms with E-state index >= 15 is 0 Å². The van der Waals surface area contributed by atoms with Gasteiger partial charge >= 0.3 is 5.97 Å². The Bertz CT molecular complexity index is 208. The molecule has 0 N–H and O–H groups in total. The van der Waals surface area contributed by atoms with Crippen LogP contribution in [-0.2, 0) is 14.3 Å². The van der Waals surface area contributed by atoms with Crippen LogP contribution in [-0.4, -0.2) is 17.3 Å². The lowest BCUT2D eigenvalue weighted by atomic mass is 10.0. The second-order valence-corrected chi connectivity index (χ2v) is 3.92. The first-order valence-electron chi connectivity index (χ1n) is 3.96. The highest BCUT2D eigenvalue weighted by Crippen LogP contribution is 2.50. The highest BCUT2D eigenvalue weighted by molar-refractivity contribution is 9.18. The summed E-state index contributed by atoms with van der Waals surface area (Å²) in [4.78, 5) is 22.0. The standard InChI is InChI=1S/C8H11BrO3/c1-2-12-7(11)8(3-4-8)5-6(9)10/h2-5H2,1H3. The fourth-order valence-electron chi connectivity index (χ4n) is 1.15. The summed E-state index contributed by atoms with van der Waals surface area (Å²) >= 11 is 2.82. The molecule has 1 fully saturated rings. The van der Waals surface area contributed by atoms with Crippen LogP contribution < -0.4 is 0 Å². The van der Waals surface area contributed by atoms with Gasteiger partial charge in [0.05, 0.1) is 12.0 Å². The highest BCUT2D eigenvalue weighted by atomic mass is 79.9. The minimum absolute atomic E-state index is 0.118. The van der Waals surface area contributed by atoms with Gasteiger partial charge in [-0.05, 0) is 35.7 Å². The smallest absolute Gasteiger partial charge is 0.312 e. The molecule has 68 valence electrons. The molecule has 1 rings (SSSR count). The molecule has 12 heavy (non-hydrogen) atoms. The summed E-state index contributed by atoms with van der Waals surface area (Å²) in [6, 6.07) is 0. The van der Waals surface area contributed by atoms with Gasteiger partial charge in [0.15, 0.2) is 4.69 Å². The predicted molar refractivity (Wildman–Crippen MR) is 46.9 cm³/mol. The SMILES string of the molecule is CCOC(=O)C1(CC(=O)Br)CC1. The second-order valence-electron chi connectivity index (χ2n) is 3.03. The van der Waals surface area contributed by atoms with E-state index in [2.05, 4.69) is 15.9 Å². The summed E-state index contributed by atoms with van der Waals surface area (Å²) in [5.74, 6) is -0.224. The molecule has 0 amide bonds. The molecule has 0 heterocycles. The Morgan fingerprint density at radius 3 is 2.42 bits per heavy atom. The maximum Gasteiger partial charge on any atom is 0.312 e. The Balaban J connectivity index is 2.48. The zero-order valence-corrected chi connectivity index (χ0v) is 8.52. The minimum Gasteiger partial charge on any atom is -0.466 e. The molecule has 0 saturated heterocycles. The van der Waals surface area contributed by atoms with Crippen LogP contribution in [0.5, 0.6) is 0 Å². The van der Waals surface area contributed by atoms with Crippen LogP contribution in [0.3, 0.4) is 0 Å². The molecule has 0 unspecified atom stereocenters. The molecule has 1 aliphatic carbocycles. The summed E-state index contributed by atoms with van der Waals surface area (Å²) in [6.45, 7) is 2.15. The van der Waals surface area contributed by atoms with Crippen molar-refractivity contribution in [1.82, 2.24) is 0 Å². The summed E-state index contributed by atoms with van der Waals surface area (Å²) < 4.78 is 4.74. The number of carbonyl (C=O) groups excluding carboxylic acids is 2. The molecular formula is C8H11BrO3. The topological polar surface area (TPSA) is 43.4 Å². The molecule has 0 radical (unpaired) electrons. The molecule has 3 nitrogen and oxygen atoms in total. The normalized spacial score (nSPS) is 18.5. The van der Waals surface area contributed by atoms with Crippen molar-refractivity contribution in [2.75, 3.05) is 6.61 Å². The van der Waals surface area contributed by atoms with Crippen molar-refractivity contribution >= 4 is 26.6 Å². The second kappa shape index (κ2) is 3.56. The Kier molecular flexibility index (Phi) is 2.88. The average molecular weight is 235 g/mol. The van der Waals surface area contributed by atoms with E-state index in [0.29, 0.717) is 6.61 Å². The number of hydrogen-bond donors (Lipinski definition) is 0. The van der Waals surface area contributed by atoms with E-state index in [4.69, 9.17) is 4.74 Å². The number of halogens is 1. The van der Waals surface area contributed by atoms with Gasteiger partial charge in [0, 0.05) is 6.42 Å². The van der Waals surface area contributed by atoms with Gasteiger partial charge in [-0.25, -0.2) is 0 Å². The molecular weight excluding hydrogens is 224 g/mol. The monoisotopic (exact) mass is 234 g/mol. The molecule has 1 saturated carbocycles. The number of carbonyl (C=O) groups is 2. The first-order chi connectivity index (χ1) is 5.60. The predicted octanol–water partition coefficient (Wildman–Crippen LogP) is 1.64. The third-order valence-corrected chi connectivity index (χ3v) is 2.32. The van der Waals surface area contributed by atoms with Gasteiger partial charge < -0.3 is 4.74 Å². The Morgan fingerprint density at radius 1 is 1.50 bits per heavy atom. The van der Waals surface area contributed by atoms with Gasteiger partial charge in [0.25, 0.3) is 0 Å². The molecule has 0 bridgehead atoms. The first-order valence-corrected chi connectivity index (χ1v) is 4.75. The lowest BCUT2D eigenvalue weighted by Crippen LogP contribution is -2.20. The Hall–Kier alpha value is -0.380. The van der Waals surface area contributed by atoms with E-state index in [1.165, 1.54) is 0 Å². The summed E-state index contributed by atoms with van der Waals surface area (Å²) in [7, 11) is 0. The van der Waals surface area contributed by atoms with Crippen LogP contribution in [0.15, 0.2) is 0 Å². The summed E-state index contributed by atoms with van der Waals surface area (Å²) in [5, 5.41) is 0. The largest absolute Gasteiger partial charge is 0.466 e. The van der Waals surface area contributed by atoms with E-state index in [1.807, 2.05) is 0 Å². The number of ether oxygens (including phenoxy) is 1. The van der Waals surface area contributed by atoms with Gasteiger partial charge in [-0.2, -0.15) is 0 Å². The van der Waals surface area contributed by atoms with Crippen LogP contribution >= 0.6 is 15.9 Å². The van der Waals surface area contributed by atoms with Crippen molar-refractivity contribution < 1.29 is 14.3 Å². The van der Waals surface area contributed by atoms with Crippen molar-refractivity contribution in [1.29, 1.82) is 0 Å². The molecule has 4 heteroatoms. The molecule has 0 spiro atoms. The zero-order valence-electron chi connectivity index (χ0n) is 6.93. The number of rotatable bonds is 4. The van der Waals surface area contributed by atoms with Crippen LogP contribution in [0, 0.1) is 5.41 Å². The summed E-state index contributed by atoms with van der Waals surface area (Å²) in [6.07, 6.45) is 1.83. The van der Waals surface area contributed by atoms with E-state index in [9.17, 15) is 9.59 Å². The van der Waals surface area contributed by atoms with Crippen molar-refractivity contribution in [2.24, 2.45) is 5.41 Å². The maximum atomic E-state index is 11.3. The lowest BCUT2D eigenvalue weighted by Gasteiger charge is -2.10. The molecule has 0 aromatic rings. The molecule has 1 aliphatic rings. The number of esters is 1. The van der Waals surface area contributed by atoms with Gasteiger partial charge in [0.2, 0.25) is 0 Å². The fourth-order valence-corrected chi connectivity index (χ4v) is 1.69. The van der Waals surface area contributed by atoms with E-state index in [1.54, 1.807) is 6.92 Å². The third-order valence-electron chi connectivity index (χ3n) is 2.04. The molecule has 0 aromatic carbocycles. The van der Waals surface area contributed by atoms with Crippen molar-refractivity contribution in [3.05, 3.63) is 0 Å². The molecule has 0 aliphatic heterocycles. The van der Waals surface area contributed by atoms with Crippen LogP contribution in [0.1, 0.15) is 26.2 Å². The fraction of sp³-hybridized carbons (Fsp3) is 0.750. The van der Waals surface area contributed by atoms with Gasteiger partial charge in [-0.1, -0.05) is 0 Å². The average Bonchev–Trinajstić information content (AvgIpc) is 2.69. The Morgan fingerprint density at radius 2 is 2.08 bits per heavy atom. The van der Waals surface area contributed by atoms with Crippen molar-refractivity contribution in [2.45, 2.75) is 26.2 Å². The van der Waals surface area contributed by atoms with Gasteiger partial charge in [0.1, 0.15) is 0 Å². The van der Waals surface area contributed by atoms with E-state index < -0.39 is 5.41 Å². The zero-order chi connectivity index (χ0) is 9.19. The number of hydrogen-bond acceptors (Lipinski definition) is 3. The van der Waals surface area contributed by atoms with Crippen LogP contribution in [0.25, 0.3) is 0 Å². The van der Waals surface area contributed by atoms with Crippen molar-refractivity contribution in [3.8, 4) is 0 Å². The Labute approximate surface area is 79.6 Å². The molecule has 0 atom stereocenters.